The normalized spacial score (nSPS) is 9.50. The van der Waals surface area contributed by atoms with Crippen LogP contribution in [-0.2, 0) is 0 Å². The molecule has 0 radical (unpaired) electrons. The number of nitrogens with one attached hydrogen (secondary N) is 1. The van der Waals surface area contributed by atoms with Crippen molar-refractivity contribution in [1.29, 1.82) is 0 Å². The van der Waals surface area contributed by atoms with Crippen LogP contribution in [0.25, 0.3) is 0 Å². The zero-order valence-corrected chi connectivity index (χ0v) is 9.19. The summed E-state index contributed by atoms with van der Waals surface area (Å²) in [5.41, 5.74) is 1.75. The predicted octanol–water partition coefficient (Wildman–Crippen LogP) is 2.73. The largest absolute Gasteiger partial charge is 0.385 e. The minimum Gasteiger partial charge on any atom is -0.385 e. The summed E-state index contributed by atoms with van der Waals surface area (Å²) in [4.78, 5) is 10.2. The average molecular weight is 218 g/mol. The highest BCUT2D eigenvalue weighted by atomic mass is 16.6. The maximum atomic E-state index is 10.6. The first-order chi connectivity index (χ1) is 7.63. The van der Waals surface area contributed by atoms with Gasteiger partial charge in [0.05, 0.1) is 4.92 Å². The molecule has 1 rings (SSSR count). The summed E-state index contributed by atoms with van der Waals surface area (Å²) in [6, 6.07) is 4.96. The van der Waals surface area contributed by atoms with Crippen molar-refractivity contribution < 1.29 is 4.92 Å². The molecule has 0 spiro atoms. The molecule has 0 aliphatic rings. The van der Waals surface area contributed by atoms with Crippen LogP contribution in [0.4, 0.5) is 11.4 Å². The van der Waals surface area contributed by atoms with Gasteiger partial charge in [0.2, 0.25) is 0 Å². The van der Waals surface area contributed by atoms with Gasteiger partial charge in [0.15, 0.2) is 0 Å². The molecule has 16 heavy (non-hydrogen) atoms. The molecule has 1 aromatic carbocycles. The van der Waals surface area contributed by atoms with Gasteiger partial charge in [-0.2, -0.15) is 0 Å². The van der Waals surface area contributed by atoms with Crippen LogP contribution in [0.5, 0.6) is 0 Å². The van der Waals surface area contributed by atoms with Crippen LogP contribution in [0.2, 0.25) is 0 Å². The Morgan fingerprint density at radius 2 is 2.25 bits per heavy atom. The fourth-order valence-electron chi connectivity index (χ4n) is 1.39. The lowest BCUT2D eigenvalue weighted by Gasteiger charge is -2.06. The number of non-ortho nitro benzene ring substituents is 1. The summed E-state index contributed by atoms with van der Waals surface area (Å²) >= 11 is 0. The second-order valence-electron chi connectivity index (χ2n) is 3.55. The van der Waals surface area contributed by atoms with E-state index in [1.54, 1.807) is 6.07 Å². The van der Waals surface area contributed by atoms with Gasteiger partial charge in [0, 0.05) is 30.8 Å². The van der Waals surface area contributed by atoms with Crippen LogP contribution in [0.3, 0.4) is 0 Å². The number of hydrogen-bond acceptors (Lipinski definition) is 3. The number of hydrogen-bond donors (Lipinski definition) is 1. The van der Waals surface area contributed by atoms with Gasteiger partial charge in [-0.3, -0.25) is 10.1 Å². The van der Waals surface area contributed by atoms with E-state index in [4.69, 9.17) is 6.42 Å². The fraction of sp³-hybridized carbons (Fsp3) is 0.333. The molecule has 0 aliphatic heterocycles. The van der Waals surface area contributed by atoms with Gasteiger partial charge in [-0.05, 0) is 25.0 Å². The monoisotopic (exact) mass is 218 g/mol. The van der Waals surface area contributed by atoms with Crippen molar-refractivity contribution in [3.8, 4) is 12.3 Å². The van der Waals surface area contributed by atoms with E-state index >= 15 is 0 Å². The molecule has 0 aromatic heterocycles. The number of aryl methyl sites for hydroxylation is 1. The lowest BCUT2D eigenvalue weighted by molar-refractivity contribution is -0.384. The summed E-state index contributed by atoms with van der Waals surface area (Å²) in [5, 5.41) is 13.7. The van der Waals surface area contributed by atoms with Crippen molar-refractivity contribution in [2.45, 2.75) is 19.8 Å². The number of nitro groups is 1. The molecule has 0 unspecified atom stereocenters. The second kappa shape index (κ2) is 5.76. The Labute approximate surface area is 94.8 Å². The van der Waals surface area contributed by atoms with E-state index in [0.717, 1.165) is 24.2 Å². The van der Waals surface area contributed by atoms with Crippen LogP contribution in [0.1, 0.15) is 18.4 Å². The maximum absolute atomic E-state index is 10.6. The lowest BCUT2D eigenvalue weighted by atomic mass is 10.2. The molecule has 1 aromatic rings. The number of terminal acetylenes is 1. The summed E-state index contributed by atoms with van der Waals surface area (Å²) in [5.74, 6) is 2.55. The molecular weight excluding hydrogens is 204 g/mol. The van der Waals surface area contributed by atoms with Gasteiger partial charge in [-0.25, -0.2) is 0 Å². The van der Waals surface area contributed by atoms with Crippen LogP contribution in [-0.4, -0.2) is 11.5 Å². The number of rotatable bonds is 5. The third kappa shape index (κ3) is 3.62. The first-order valence-corrected chi connectivity index (χ1v) is 5.07. The highest BCUT2D eigenvalue weighted by Gasteiger charge is 2.07. The SMILES string of the molecule is C#CCCCNc1cc(C)cc([N+](=O)[O-])c1. The summed E-state index contributed by atoms with van der Waals surface area (Å²) < 4.78 is 0. The van der Waals surface area contributed by atoms with Crippen molar-refractivity contribution in [2.24, 2.45) is 0 Å². The Hall–Kier alpha value is -2.02. The third-order valence-electron chi connectivity index (χ3n) is 2.10. The van der Waals surface area contributed by atoms with Crippen LogP contribution < -0.4 is 5.32 Å². The zero-order chi connectivity index (χ0) is 12.0. The molecule has 0 fully saturated rings. The average Bonchev–Trinajstić information content (AvgIpc) is 2.23. The smallest absolute Gasteiger partial charge is 0.271 e. The van der Waals surface area contributed by atoms with E-state index in [1.807, 2.05) is 13.0 Å². The molecule has 4 heteroatoms. The van der Waals surface area contributed by atoms with Crippen LogP contribution in [0.15, 0.2) is 18.2 Å². The van der Waals surface area contributed by atoms with Crippen molar-refractivity contribution in [3.05, 3.63) is 33.9 Å². The molecule has 0 saturated carbocycles. The number of anilines is 1. The number of benzene rings is 1. The van der Waals surface area contributed by atoms with Crippen LogP contribution >= 0.6 is 0 Å². The molecule has 1 N–H and O–H groups in total. The lowest BCUT2D eigenvalue weighted by Crippen LogP contribution is -2.02. The molecule has 0 saturated heterocycles. The van der Waals surface area contributed by atoms with E-state index in [1.165, 1.54) is 6.07 Å². The minimum atomic E-state index is -0.389. The Balaban J connectivity index is 2.66. The van der Waals surface area contributed by atoms with Gasteiger partial charge in [-0.1, -0.05) is 0 Å². The molecule has 0 amide bonds. The minimum absolute atomic E-state index is 0.111. The van der Waals surface area contributed by atoms with Crippen molar-refractivity contribution in [2.75, 3.05) is 11.9 Å². The highest BCUT2D eigenvalue weighted by molar-refractivity contribution is 5.53. The predicted molar refractivity (Wildman–Crippen MR) is 64.4 cm³/mol. The molecule has 0 atom stereocenters. The quantitative estimate of drug-likeness (QED) is 0.358. The summed E-state index contributed by atoms with van der Waals surface area (Å²) in [7, 11) is 0. The second-order valence-corrected chi connectivity index (χ2v) is 3.55. The number of unbranched alkanes of at least 4 members (excludes halogenated alkanes) is 1. The first-order valence-electron chi connectivity index (χ1n) is 5.07. The van der Waals surface area contributed by atoms with E-state index < -0.39 is 0 Å². The standard InChI is InChI=1S/C12H14N2O2/c1-3-4-5-6-13-11-7-10(2)8-12(9-11)14(15)16/h1,7-9,13H,4-6H2,2H3. The van der Waals surface area contributed by atoms with Gasteiger partial charge < -0.3 is 5.32 Å². The van der Waals surface area contributed by atoms with Gasteiger partial charge >= 0.3 is 0 Å². The Morgan fingerprint density at radius 3 is 2.88 bits per heavy atom. The fourth-order valence-corrected chi connectivity index (χ4v) is 1.39. The Morgan fingerprint density at radius 1 is 1.50 bits per heavy atom. The Bertz CT molecular complexity index is 422. The molecule has 84 valence electrons. The van der Waals surface area contributed by atoms with Crippen molar-refractivity contribution >= 4 is 11.4 Å². The number of nitrogens with zero attached hydrogens (tertiary/aromatic N) is 1. The Kier molecular flexibility index (Phi) is 4.34. The van der Waals surface area contributed by atoms with Gasteiger partial charge in [0.1, 0.15) is 0 Å². The molecule has 0 heterocycles. The first kappa shape index (κ1) is 12.1. The van der Waals surface area contributed by atoms with E-state index in [2.05, 4.69) is 11.2 Å². The van der Waals surface area contributed by atoms with Crippen LogP contribution in [0, 0.1) is 29.4 Å². The van der Waals surface area contributed by atoms with Crippen molar-refractivity contribution in [1.82, 2.24) is 0 Å². The topological polar surface area (TPSA) is 55.2 Å². The summed E-state index contributed by atoms with van der Waals surface area (Å²) in [6.07, 6.45) is 6.70. The van der Waals surface area contributed by atoms with Gasteiger partial charge in [0.25, 0.3) is 5.69 Å². The van der Waals surface area contributed by atoms with Crippen molar-refractivity contribution in [3.63, 3.8) is 0 Å². The van der Waals surface area contributed by atoms with E-state index in [9.17, 15) is 10.1 Å². The maximum Gasteiger partial charge on any atom is 0.271 e. The van der Waals surface area contributed by atoms with E-state index in [0.29, 0.717) is 6.42 Å². The zero-order valence-electron chi connectivity index (χ0n) is 9.19. The summed E-state index contributed by atoms with van der Waals surface area (Å²) in [6.45, 7) is 2.56. The molecule has 0 bridgehead atoms. The number of nitro benzene ring substituents is 1. The highest BCUT2D eigenvalue weighted by Crippen LogP contribution is 2.20. The van der Waals surface area contributed by atoms with Gasteiger partial charge in [-0.15, -0.1) is 12.3 Å². The molecule has 4 nitrogen and oxygen atoms in total. The third-order valence-corrected chi connectivity index (χ3v) is 2.10. The van der Waals surface area contributed by atoms with E-state index in [-0.39, 0.29) is 10.6 Å². The molecular formula is C12H14N2O2. The molecule has 0 aliphatic carbocycles.